The number of nitrogens with zero attached hydrogens (tertiary/aromatic N) is 10. The quantitative estimate of drug-likeness (QED) is 0.0226. The molecule has 6 aromatic rings. The molecule has 9 heterocycles. The van der Waals surface area contributed by atoms with Crippen molar-refractivity contribution in [2.45, 2.75) is 81.4 Å². The highest BCUT2D eigenvalue weighted by atomic mass is 31.3. The molecule has 3 saturated heterocycles. The molecule has 9 rings (SSSR count). The third kappa shape index (κ3) is 12.5. The van der Waals surface area contributed by atoms with E-state index in [1.807, 2.05) is 0 Å². The number of aryl methyl sites for hydroxylation is 1. The first-order chi connectivity index (χ1) is 38.0. The first-order valence-electron chi connectivity index (χ1n) is 23.5. The van der Waals surface area contributed by atoms with Gasteiger partial charge < -0.3 is 85.4 Å². The molecule has 6 aromatic heterocycles. The van der Waals surface area contributed by atoms with Crippen LogP contribution in [0.3, 0.4) is 0 Å². The number of aromatic nitrogens is 12. The number of aliphatic hydroxyl groups is 3. The maximum Gasteiger partial charge on any atom is 0.490 e. The third-order valence-corrected chi connectivity index (χ3v) is 18.0. The van der Waals surface area contributed by atoms with Gasteiger partial charge in [-0.05, 0) is 0 Å². The molecule has 0 radical (unpaired) electrons. The molecule has 44 heteroatoms. The molecule has 0 saturated carbocycles. The molecule has 0 spiro atoms. The van der Waals surface area contributed by atoms with Crippen molar-refractivity contribution < 1.29 is 108 Å². The van der Waals surface area contributed by atoms with Gasteiger partial charge in [0.15, 0.2) is 35.1 Å². The van der Waals surface area contributed by atoms with Gasteiger partial charge in [0.1, 0.15) is 54.6 Å². The lowest BCUT2D eigenvalue weighted by Crippen LogP contribution is -2.40. The van der Waals surface area contributed by atoms with Crippen LogP contribution in [0, 0.1) is 11.8 Å². The number of aromatic amines is 2. The van der Waals surface area contributed by atoms with Crippen LogP contribution in [0.2, 0.25) is 0 Å². The van der Waals surface area contributed by atoms with E-state index in [0.717, 1.165) is 30.7 Å². The Morgan fingerprint density at radius 2 is 1.31 bits per heavy atom. The summed E-state index contributed by atoms with van der Waals surface area (Å²) in [5.41, 5.74) is 15.5. The number of fused-ring (bicyclic) bond motifs is 3. The normalized spacial score (nSPS) is 29.1. The predicted molar refractivity (Wildman–Crippen MR) is 262 cm³/mol. The second-order valence-electron chi connectivity index (χ2n) is 18.5. The van der Waals surface area contributed by atoms with Gasteiger partial charge in [-0.25, -0.2) is 38.2 Å². The van der Waals surface area contributed by atoms with Gasteiger partial charge in [-0.1, -0.05) is 13.8 Å². The molecule has 0 bridgehead atoms. The van der Waals surface area contributed by atoms with Crippen molar-refractivity contribution in [3.63, 3.8) is 0 Å². The van der Waals surface area contributed by atoms with Gasteiger partial charge >= 0.3 is 29.0 Å². The summed E-state index contributed by atoms with van der Waals surface area (Å²) in [7, 11) is -21.3. The Morgan fingerprint density at radius 3 is 1.96 bits per heavy atom. The minimum atomic E-state index is -6.25. The summed E-state index contributed by atoms with van der Waals surface area (Å²) < 4.78 is 110. The topological polar surface area (TPSA) is 574 Å². The minimum Gasteiger partial charge on any atom is -0.756 e. The molecule has 0 aliphatic carbocycles. The maximum atomic E-state index is 13.6. The summed E-state index contributed by atoms with van der Waals surface area (Å²) in [6.07, 6.45) is -13.7. The van der Waals surface area contributed by atoms with Crippen molar-refractivity contribution >= 4 is 88.4 Å². The molecule has 444 valence electrons. The number of carbonyl (C=O) groups excluding carboxylic acids is 1. The number of H-pyrrole nitrogens is 2. The largest absolute Gasteiger partial charge is 0.756 e. The van der Waals surface area contributed by atoms with E-state index in [1.54, 1.807) is 13.8 Å². The molecule has 81 heavy (non-hydrogen) atoms. The number of aliphatic hydroxyl groups excluding tert-OH is 3. The number of methoxy groups -OCH3 is 1. The molecule has 3 aliphatic heterocycles. The van der Waals surface area contributed by atoms with Crippen LogP contribution in [0.1, 0.15) is 32.5 Å². The van der Waals surface area contributed by atoms with Crippen LogP contribution in [-0.4, -0.2) is 172 Å². The number of amides is 1. The number of imidazole rings is 3. The zero-order valence-electron chi connectivity index (χ0n) is 42.2. The molecule has 40 nitrogen and oxygen atoms in total. The van der Waals surface area contributed by atoms with Gasteiger partial charge in [0.2, 0.25) is 30.4 Å². The second kappa shape index (κ2) is 22.8. The summed E-state index contributed by atoms with van der Waals surface area (Å²) in [5, 5.41) is 35.9. The molecule has 16 atom stereocenters. The first-order valence-corrected chi connectivity index (χ1v) is 29.5. The zero-order chi connectivity index (χ0) is 58.8. The van der Waals surface area contributed by atoms with E-state index < -0.39 is 147 Å². The molecular formula is C37H52N16O24P4. The smallest absolute Gasteiger partial charge is 0.490 e. The Kier molecular flexibility index (Phi) is 16.9. The number of carbonyl (C=O) groups is 1. The van der Waals surface area contributed by atoms with E-state index >= 15 is 0 Å². The molecule has 1 amide bonds. The van der Waals surface area contributed by atoms with E-state index in [9.17, 15) is 67.5 Å². The average Bonchev–Trinajstić information content (AvgIpc) is 4.45. The van der Waals surface area contributed by atoms with Gasteiger partial charge in [-0.15, -0.1) is 0 Å². The summed E-state index contributed by atoms with van der Waals surface area (Å²) in [6.45, 7) is -0.577. The highest BCUT2D eigenvalue weighted by molar-refractivity contribution is 7.66. The van der Waals surface area contributed by atoms with E-state index in [-0.39, 0.29) is 57.8 Å². The number of phosphoric ester groups is 3. The standard InChI is InChI=1S/C37H52N16O24P4/c1-13(2)30(57)41-5-14-15(72-33(21(14)54)53-12-50(3)20-29(53)47-37(40)49-32(20)59)6-70-79(62,63)76-81(66,67)77-80(64,65)71-8-17-24(25(68-4)35(74-17)51-10-44-18-26(38)42-9-43-27(18)51)75-78(60,61)69-7-16-22(55)23(56)34(73-16)52-11-45-19-28(52)46-36(39)48-31(19)58/h9-17,21-25,33-35,54-56H,5-8H2,1-4H3,(H12-,38,39,40,41,42,43,46,47,48,49,57,58,59,60,61,62,63,64,65,66,67)/t14-,15-,16-,17-,21-,22-,23-,24-,25-,33-,34-,35-/m1/s1. The molecule has 3 fully saturated rings. The number of hydrogen-bond donors (Lipinski definition) is 12. The number of ether oxygens (including phenoxy) is 4. The number of rotatable bonds is 22. The van der Waals surface area contributed by atoms with Crippen LogP contribution in [0.25, 0.3) is 33.5 Å². The number of hydrogen-bond acceptors (Lipinski definition) is 30. The number of phosphoric acid groups is 4. The second-order valence-corrected chi connectivity index (χ2v) is 24.5. The molecule has 4 unspecified atom stereocenters. The zero-order valence-corrected chi connectivity index (χ0v) is 45.7. The lowest BCUT2D eigenvalue weighted by Gasteiger charge is -2.31. The maximum absolute atomic E-state index is 13.6. The Labute approximate surface area is 451 Å². The van der Waals surface area contributed by atoms with Crippen molar-refractivity contribution in [1.82, 2.24) is 58.9 Å². The highest BCUT2D eigenvalue weighted by Crippen LogP contribution is 2.68. The van der Waals surface area contributed by atoms with Gasteiger partial charge in [-0.2, -0.15) is 23.2 Å². The van der Waals surface area contributed by atoms with Crippen molar-refractivity contribution in [1.29, 1.82) is 0 Å². The van der Waals surface area contributed by atoms with Crippen LogP contribution < -0.4 is 43.1 Å². The molecule has 15 N–H and O–H groups in total. The first kappa shape index (κ1) is 60.0. The molecule has 0 aromatic carbocycles. The monoisotopic (exact) mass is 1230 g/mol. The van der Waals surface area contributed by atoms with Crippen LogP contribution in [0.5, 0.6) is 0 Å². The van der Waals surface area contributed by atoms with Crippen molar-refractivity contribution in [2.75, 3.05) is 50.7 Å². The number of nitrogen functional groups attached to an aromatic ring is 3. The van der Waals surface area contributed by atoms with Crippen molar-refractivity contribution in [3.8, 4) is 0 Å². The van der Waals surface area contributed by atoms with Crippen LogP contribution >= 0.6 is 31.3 Å². The molecule has 3 aliphatic rings. The fraction of sp³-hybridized carbons (Fsp3) is 0.568. The van der Waals surface area contributed by atoms with Crippen molar-refractivity contribution in [3.05, 3.63) is 46.0 Å². The van der Waals surface area contributed by atoms with Gasteiger partial charge in [0.05, 0.1) is 45.6 Å². The highest BCUT2D eigenvalue weighted by Gasteiger charge is 2.53. The fourth-order valence-corrected chi connectivity index (χ4v) is 13.5. The third-order valence-electron chi connectivity index (χ3n) is 12.8. The number of nitrogens with two attached hydrogens (primary N) is 3. The minimum absolute atomic E-state index is 0.00334. The predicted octanol–water partition coefficient (Wildman–Crippen LogP) is -4.32. The number of nitrogens with one attached hydrogen (secondary N) is 3. The van der Waals surface area contributed by atoms with Crippen LogP contribution in [0.15, 0.2) is 34.9 Å². The molecular weight excluding hydrogens is 1180 g/mol. The average molecular weight is 1230 g/mol. The van der Waals surface area contributed by atoms with Crippen LogP contribution in [-0.2, 0) is 75.8 Å². The van der Waals surface area contributed by atoms with Crippen LogP contribution in [0.4, 0.5) is 17.7 Å². The van der Waals surface area contributed by atoms with Gasteiger partial charge in [-0.3, -0.25) is 47.1 Å². The van der Waals surface area contributed by atoms with E-state index in [0.29, 0.717) is 0 Å². The summed E-state index contributed by atoms with van der Waals surface area (Å²) in [6, 6.07) is 0. The van der Waals surface area contributed by atoms with E-state index in [1.165, 1.54) is 27.1 Å². The lowest BCUT2D eigenvalue weighted by molar-refractivity contribution is -0.646. The van der Waals surface area contributed by atoms with E-state index in [4.69, 9.17) is 54.2 Å². The Hall–Kier alpha value is -5.64. The Morgan fingerprint density at radius 1 is 0.741 bits per heavy atom. The van der Waals surface area contributed by atoms with Gasteiger partial charge in [0, 0.05) is 25.5 Å². The lowest BCUT2D eigenvalue weighted by atomic mass is 9.98. The Balaban J connectivity index is 0.878. The summed E-state index contributed by atoms with van der Waals surface area (Å²) >= 11 is 0. The summed E-state index contributed by atoms with van der Waals surface area (Å²) in [4.78, 5) is 112. The fourth-order valence-electron chi connectivity index (χ4n) is 9.04. The SMILES string of the molecule is CO[C@@H]1[C@H](OP(=O)([O-])OC[C@H]2O[C@@H](n3cnc4c(=O)[nH]c(N)nc43)[C@H](O)[C@@H]2O)[C@@H](COP(=O)(O)OP(=O)(O)OP(=O)(O)OC[C@H]2O[C@@H](n3c[n+](C)c4c(=O)[nH]c(N)nc43)[C@H](O)[C@@H]2CNC(=O)C(C)C)O[C@H]1n1cnc2c(N)ncnc21. The summed E-state index contributed by atoms with van der Waals surface area (Å²) in [5.74, 6) is -2.91. The van der Waals surface area contributed by atoms with Crippen molar-refractivity contribution in [2.24, 2.45) is 18.9 Å². The number of anilines is 3. The van der Waals surface area contributed by atoms with E-state index in [2.05, 4.69) is 53.8 Å². The Bertz CT molecular complexity index is 3670. The van der Waals surface area contributed by atoms with Gasteiger partial charge in [0.25, 0.3) is 24.5 Å².